The molecule has 1 aromatic carbocycles. The Labute approximate surface area is 102 Å². The average molecular weight is 240 g/mol. The van der Waals surface area contributed by atoms with Crippen LogP contribution in [0, 0.1) is 0 Å². The zero-order valence-corrected chi connectivity index (χ0v) is 10.6. The summed E-state index contributed by atoms with van der Waals surface area (Å²) < 4.78 is 5.44. The molecule has 1 saturated heterocycles. The Hall–Kier alpha value is -0.730. The van der Waals surface area contributed by atoms with Crippen LogP contribution in [0.3, 0.4) is 0 Å². The fourth-order valence-electron chi connectivity index (χ4n) is 2.58. The van der Waals surface area contributed by atoms with Crippen LogP contribution in [0.15, 0.2) is 18.2 Å². The summed E-state index contributed by atoms with van der Waals surface area (Å²) in [4.78, 5) is 0. The van der Waals surface area contributed by atoms with Crippen LogP contribution in [0.25, 0.3) is 0 Å². The molecule has 0 bridgehead atoms. The second-order valence-electron chi connectivity index (χ2n) is 4.31. The van der Waals surface area contributed by atoms with Gasteiger partial charge in [0.05, 0.1) is 7.11 Å². The van der Waals surface area contributed by atoms with Crippen LogP contribution in [-0.4, -0.2) is 13.7 Å². The summed E-state index contributed by atoms with van der Waals surface area (Å²) in [6, 6.07) is 5.86. The van der Waals surface area contributed by atoms with Gasteiger partial charge in [-0.25, -0.2) is 0 Å². The van der Waals surface area contributed by atoms with Crippen LogP contribution in [0.1, 0.15) is 31.7 Å². The normalized spacial score (nSPS) is 24.7. The van der Waals surface area contributed by atoms with Gasteiger partial charge in [0.15, 0.2) is 0 Å². The Morgan fingerprint density at radius 2 is 2.31 bits per heavy atom. The van der Waals surface area contributed by atoms with E-state index in [1.54, 1.807) is 7.11 Å². The predicted molar refractivity (Wildman–Crippen MR) is 67.2 cm³/mol. The maximum Gasteiger partial charge on any atom is 0.124 e. The van der Waals surface area contributed by atoms with Gasteiger partial charge in [-0.2, -0.15) is 0 Å². The van der Waals surface area contributed by atoms with Gasteiger partial charge in [-0.1, -0.05) is 18.5 Å². The fraction of sp³-hybridized carbons (Fsp3) is 0.538. The maximum absolute atomic E-state index is 6.09. The SMILES string of the molecule is CCC1(c2cc(Cl)ccc2OC)CCCN1. The van der Waals surface area contributed by atoms with Crippen molar-refractivity contribution in [2.75, 3.05) is 13.7 Å². The minimum atomic E-state index is 0.0518. The summed E-state index contributed by atoms with van der Waals surface area (Å²) in [7, 11) is 1.71. The van der Waals surface area contributed by atoms with E-state index < -0.39 is 0 Å². The van der Waals surface area contributed by atoms with Crippen molar-refractivity contribution in [2.45, 2.75) is 31.7 Å². The van der Waals surface area contributed by atoms with E-state index in [4.69, 9.17) is 16.3 Å². The van der Waals surface area contributed by atoms with Gasteiger partial charge in [-0.05, 0) is 44.0 Å². The van der Waals surface area contributed by atoms with Gasteiger partial charge in [-0.3, -0.25) is 0 Å². The number of ether oxygens (including phenoxy) is 1. The highest BCUT2D eigenvalue weighted by Crippen LogP contribution is 2.40. The number of benzene rings is 1. The highest BCUT2D eigenvalue weighted by molar-refractivity contribution is 6.30. The fourth-order valence-corrected chi connectivity index (χ4v) is 2.75. The molecule has 3 heteroatoms. The summed E-state index contributed by atoms with van der Waals surface area (Å²) in [5.41, 5.74) is 1.25. The molecule has 1 atom stereocenters. The zero-order valence-electron chi connectivity index (χ0n) is 9.85. The number of hydrogen-bond donors (Lipinski definition) is 1. The molecule has 88 valence electrons. The van der Waals surface area contributed by atoms with Gasteiger partial charge in [-0.15, -0.1) is 0 Å². The number of methoxy groups -OCH3 is 1. The molecule has 1 aliphatic heterocycles. The molecular formula is C13H18ClNO. The van der Waals surface area contributed by atoms with E-state index in [2.05, 4.69) is 12.2 Å². The largest absolute Gasteiger partial charge is 0.496 e. The van der Waals surface area contributed by atoms with Crippen LogP contribution in [-0.2, 0) is 5.54 Å². The third-order valence-corrected chi connectivity index (χ3v) is 3.76. The first-order valence-electron chi connectivity index (χ1n) is 5.81. The van der Waals surface area contributed by atoms with E-state index in [1.807, 2.05) is 18.2 Å². The van der Waals surface area contributed by atoms with Gasteiger partial charge in [0, 0.05) is 16.1 Å². The van der Waals surface area contributed by atoms with E-state index in [-0.39, 0.29) is 5.54 Å². The lowest BCUT2D eigenvalue weighted by Gasteiger charge is -2.30. The molecule has 2 rings (SSSR count). The van der Waals surface area contributed by atoms with E-state index in [0.717, 1.165) is 30.2 Å². The molecule has 0 saturated carbocycles. The number of halogens is 1. The molecular weight excluding hydrogens is 222 g/mol. The molecule has 1 unspecified atom stereocenters. The van der Waals surface area contributed by atoms with Crippen molar-refractivity contribution >= 4 is 11.6 Å². The maximum atomic E-state index is 6.09. The molecule has 1 aromatic rings. The van der Waals surface area contributed by atoms with Crippen molar-refractivity contribution in [3.05, 3.63) is 28.8 Å². The van der Waals surface area contributed by atoms with Crippen LogP contribution in [0.5, 0.6) is 5.75 Å². The Morgan fingerprint density at radius 1 is 1.50 bits per heavy atom. The smallest absolute Gasteiger partial charge is 0.124 e. The Balaban J connectivity index is 2.47. The Kier molecular flexibility index (Phi) is 3.41. The summed E-state index contributed by atoms with van der Waals surface area (Å²) >= 11 is 6.09. The Bertz CT molecular complexity index is 372. The molecule has 2 nitrogen and oxygen atoms in total. The third kappa shape index (κ3) is 1.92. The van der Waals surface area contributed by atoms with Crippen molar-refractivity contribution in [1.29, 1.82) is 0 Å². The van der Waals surface area contributed by atoms with Gasteiger partial charge in [0.25, 0.3) is 0 Å². The first kappa shape index (κ1) is 11.7. The van der Waals surface area contributed by atoms with Gasteiger partial charge in [0.2, 0.25) is 0 Å². The summed E-state index contributed by atoms with van der Waals surface area (Å²) in [5.74, 6) is 0.931. The molecule has 1 heterocycles. The van der Waals surface area contributed by atoms with Crippen molar-refractivity contribution in [3.8, 4) is 5.75 Å². The van der Waals surface area contributed by atoms with E-state index in [1.165, 1.54) is 12.0 Å². The number of nitrogens with one attached hydrogen (secondary N) is 1. The van der Waals surface area contributed by atoms with Gasteiger partial charge < -0.3 is 10.1 Å². The minimum absolute atomic E-state index is 0.0518. The third-order valence-electron chi connectivity index (χ3n) is 3.52. The van der Waals surface area contributed by atoms with Crippen molar-refractivity contribution in [3.63, 3.8) is 0 Å². The van der Waals surface area contributed by atoms with E-state index in [9.17, 15) is 0 Å². The first-order valence-corrected chi connectivity index (χ1v) is 6.19. The van der Waals surface area contributed by atoms with Crippen LogP contribution in [0.2, 0.25) is 5.02 Å². The molecule has 0 aromatic heterocycles. The summed E-state index contributed by atoms with van der Waals surface area (Å²) in [5, 5.41) is 4.37. The molecule has 0 amide bonds. The lowest BCUT2D eigenvalue weighted by molar-refractivity contribution is 0.342. The highest BCUT2D eigenvalue weighted by atomic mass is 35.5. The van der Waals surface area contributed by atoms with Crippen LogP contribution >= 0.6 is 11.6 Å². The van der Waals surface area contributed by atoms with E-state index >= 15 is 0 Å². The average Bonchev–Trinajstić information content (AvgIpc) is 2.78. The quantitative estimate of drug-likeness (QED) is 0.874. The van der Waals surface area contributed by atoms with E-state index in [0.29, 0.717) is 0 Å². The first-order chi connectivity index (χ1) is 7.72. The van der Waals surface area contributed by atoms with Crippen LogP contribution in [0.4, 0.5) is 0 Å². The minimum Gasteiger partial charge on any atom is -0.496 e. The molecule has 16 heavy (non-hydrogen) atoms. The monoisotopic (exact) mass is 239 g/mol. The van der Waals surface area contributed by atoms with Crippen molar-refractivity contribution in [1.82, 2.24) is 5.32 Å². The number of rotatable bonds is 3. The topological polar surface area (TPSA) is 21.3 Å². The zero-order chi connectivity index (χ0) is 11.6. The van der Waals surface area contributed by atoms with Crippen molar-refractivity contribution in [2.24, 2.45) is 0 Å². The van der Waals surface area contributed by atoms with Crippen LogP contribution < -0.4 is 10.1 Å². The predicted octanol–water partition coefficient (Wildman–Crippen LogP) is 3.34. The molecule has 1 fully saturated rings. The summed E-state index contributed by atoms with van der Waals surface area (Å²) in [6.07, 6.45) is 3.42. The second kappa shape index (κ2) is 4.64. The lowest BCUT2D eigenvalue weighted by Crippen LogP contribution is -2.36. The second-order valence-corrected chi connectivity index (χ2v) is 4.75. The Morgan fingerprint density at radius 3 is 2.88 bits per heavy atom. The van der Waals surface area contributed by atoms with Crippen molar-refractivity contribution < 1.29 is 4.74 Å². The lowest BCUT2D eigenvalue weighted by atomic mass is 9.85. The highest BCUT2D eigenvalue weighted by Gasteiger charge is 2.35. The van der Waals surface area contributed by atoms with Gasteiger partial charge >= 0.3 is 0 Å². The molecule has 1 aliphatic rings. The standard InChI is InChI=1S/C13H18ClNO/c1-3-13(7-4-8-15-13)11-9-10(14)5-6-12(11)16-2/h5-6,9,15H,3-4,7-8H2,1-2H3. The van der Waals surface area contributed by atoms with Gasteiger partial charge in [0.1, 0.15) is 5.75 Å². The molecule has 0 aliphatic carbocycles. The summed E-state index contributed by atoms with van der Waals surface area (Å²) in [6.45, 7) is 3.28. The molecule has 0 radical (unpaired) electrons. The molecule has 1 N–H and O–H groups in total. The number of hydrogen-bond acceptors (Lipinski definition) is 2. The molecule has 0 spiro atoms.